The van der Waals surface area contributed by atoms with Crippen LogP contribution in [0, 0.1) is 11.8 Å². The fraction of sp³-hybridized carbons (Fsp3) is 0.649. The molecule has 2 aliphatic rings. The average Bonchev–Trinajstić information content (AvgIpc) is 3.08. The van der Waals surface area contributed by atoms with Crippen molar-refractivity contribution in [1.29, 1.82) is 0 Å². The summed E-state index contributed by atoms with van der Waals surface area (Å²) >= 11 is 0. The van der Waals surface area contributed by atoms with Crippen LogP contribution in [0.5, 0.6) is 11.5 Å². The van der Waals surface area contributed by atoms with Gasteiger partial charge in [0, 0.05) is 51.9 Å². The highest BCUT2D eigenvalue weighted by Crippen LogP contribution is 2.33. The molecule has 2 aromatic rings. The predicted molar refractivity (Wildman–Crippen MR) is 181 cm³/mol. The van der Waals surface area contributed by atoms with Gasteiger partial charge in [-0.2, -0.15) is 0 Å². The molecular formula is C37H57N3O6. The number of hydrogen-bond donors (Lipinski definition) is 3. The van der Waals surface area contributed by atoms with Crippen LogP contribution in [0.15, 0.2) is 48.5 Å². The Hall–Kier alpha value is -2.69. The Morgan fingerprint density at radius 2 is 1.70 bits per heavy atom. The lowest BCUT2D eigenvalue weighted by Gasteiger charge is -2.37. The van der Waals surface area contributed by atoms with Gasteiger partial charge in [-0.05, 0) is 61.4 Å². The second-order valence-corrected chi connectivity index (χ2v) is 13.0. The highest BCUT2D eigenvalue weighted by atomic mass is 16.5. The van der Waals surface area contributed by atoms with Crippen LogP contribution in [0.25, 0.3) is 0 Å². The fourth-order valence-corrected chi connectivity index (χ4v) is 7.07. The number of piperidine rings is 1. The van der Waals surface area contributed by atoms with Gasteiger partial charge in [-0.15, -0.1) is 0 Å². The monoisotopic (exact) mass is 639 g/mol. The number of carbonyl (C=O) groups excluding carboxylic acids is 1. The minimum absolute atomic E-state index is 0.0135. The molecule has 9 heteroatoms. The number of nitrogens with zero attached hydrogens (tertiary/aromatic N) is 1. The van der Waals surface area contributed by atoms with E-state index in [0.717, 1.165) is 68.7 Å². The van der Waals surface area contributed by atoms with Crippen molar-refractivity contribution < 1.29 is 28.8 Å². The molecule has 1 amide bonds. The molecule has 1 heterocycles. The van der Waals surface area contributed by atoms with Crippen molar-refractivity contribution in [1.82, 2.24) is 15.5 Å². The quantitative estimate of drug-likeness (QED) is 0.182. The maximum absolute atomic E-state index is 13.5. The Morgan fingerprint density at radius 3 is 2.39 bits per heavy atom. The SMILES string of the molecule is COCCCOC(c1ccccc1)C1CCCN(CC(=O)NC(CC2CCCCC2)C(O)CNCc2cc(OC)cc(OC)c2)C1. The molecular weight excluding hydrogens is 582 g/mol. The van der Waals surface area contributed by atoms with Crippen molar-refractivity contribution in [2.45, 2.75) is 82.6 Å². The van der Waals surface area contributed by atoms with Gasteiger partial charge in [-0.1, -0.05) is 62.4 Å². The number of rotatable bonds is 19. The van der Waals surface area contributed by atoms with Gasteiger partial charge in [0.2, 0.25) is 5.91 Å². The lowest BCUT2D eigenvalue weighted by atomic mass is 9.83. The Kier molecular flexibility index (Phi) is 15.6. The van der Waals surface area contributed by atoms with Gasteiger partial charge in [0.05, 0.1) is 39.0 Å². The van der Waals surface area contributed by atoms with Crippen molar-refractivity contribution >= 4 is 5.91 Å². The summed E-state index contributed by atoms with van der Waals surface area (Å²) < 4.78 is 22.5. The van der Waals surface area contributed by atoms with Crippen LogP contribution in [0.4, 0.5) is 0 Å². The number of hydrogen-bond acceptors (Lipinski definition) is 8. The largest absolute Gasteiger partial charge is 0.497 e. The summed E-state index contributed by atoms with van der Waals surface area (Å²) in [5, 5.41) is 18.0. The van der Waals surface area contributed by atoms with E-state index in [1.807, 2.05) is 24.3 Å². The number of benzene rings is 2. The van der Waals surface area contributed by atoms with Gasteiger partial charge >= 0.3 is 0 Å². The first-order chi connectivity index (χ1) is 22.5. The van der Waals surface area contributed by atoms with Crippen molar-refractivity contribution in [2.24, 2.45) is 11.8 Å². The Morgan fingerprint density at radius 1 is 0.957 bits per heavy atom. The summed E-state index contributed by atoms with van der Waals surface area (Å²) in [6.07, 6.45) is 9.08. The van der Waals surface area contributed by atoms with Crippen molar-refractivity contribution in [2.75, 3.05) is 60.7 Å². The molecule has 3 N–H and O–H groups in total. The van der Waals surface area contributed by atoms with E-state index in [4.69, 9.17) is 18.9 Å². The summed E-state index contributed by atoms with van der Waals surface area (Å²) in [5.41, 5.74) is 2.19. The zero-order chi connectivity index (χ0) is 32.6. The van der Waals surface area contributed by atoms with Crippen molar-refractivity contribution in [3.63, 3.8) is 0 Å². The minimum Gasteiger partial charge on any atom is -0.497 e. The van der Waals surface area contributed by atoms with E-state index in [0.29, 0.717) is 44.7 Å². The molecule has 0 bridgehead atoms. The van der Waals surface area contributed by atoms with Crippen LogP contribution >= 0.6 is 0 Å². The normalized spacial score (nSPS) is 19.7. The summed E-state index contributed by atoms with van der Waals surface area (Å²) in [6, 6.07) is 15.9. The zero-order valence-corrected chi connectivity index (χ0v) is 28.3. The van der Waals surface area contributed by atoms with E-state index in [9.17, 15) is 9.90 Å². The smallest absolute Gasteiger partial charge is 0.234 e. The second-order valence-electron chi connectivity index (χ2n) is 13.0. The first-order valence-corrected chi connectivity index (χ1v) is 17.3. The molecule has 4 rings (SSSR count). The number of ether oxygens (including phenoxy) is 4. The highest BCUT2D eigenvalue weighted by Gasteiger charge is 2.31. The van der Waals surface area contributed by atoms with Crippen LogP contribution in [0.3, 0.4) is 0 Å². The second kappa shape index (κ2) is 19.9. The predicted octanol–water partition coefficient (Wildman–Crippen LogP) is 5.12. The van der Waals surface area contributed by atoms with Crippen LogP contribution < -0.4 is 20.1 Å². The lowest BCUT2D eigenvalue weighted by Crippen LogP contribution is -2.52. The minimum atomic E-state index is -0.699. The van der Waals surface area contributed by atoms with E-state index in [-0.39, 0.29) is 18.1 Å². The third-order valence-corrected chi connectivity index (χ3v) is 9.47. The van der Waals surface area contributed by atoms with Gasteiger partial charge in [0.15, 0.2) is 0 Å². The summed E-state index contributed by atoms with van der Waals surface area (Å²) in [4.78, 5) is 15.8. The maximum atomic E-state index is 13.5. The molecule has 1 aliphatic heterocycles. The molecule has 0 spiro atoms. The molecule has 0 aromatic heterocycles. The first-order valence-electron chi connectivity index (χ1n) is 17.3. The zero-order valence-electron chi connectivity index (χ0n) is 28.3. The van der Waals surface area contributed by atoms with E-state index < -0.39 is 6.10 Å². The van der Waals surface area contributed by atoms with Gasteiger partial charge in [-0.25, -0.2) is 0 Å². The number of nitrogens with one attached hydrogen (secondary N) is 2. The molecule has 1 saturated heterocycles. The molecule has 0 radical (unpaired) electrons. The molecule has 46 heavy (non-hydrogen) atoms. The van der Waals surface area contributed by atoms with Gasteiger partial charge in [0.1, 0.15) is 11.5 Å². The molecule has 9 nitrogen and oxygen atoms in total. The Balaban J connectivity index is 1.34. The summed E-state index contributed by atoms with van der Waals surface area (Å²) in [6.45, 7) is 4.27. The summed E-state index contributed by atoms with van der Waals surface area (Å²) in [7, 11) is 4.99. The standard InChI is InChI=1S/C37H57N3O6/c1-43-18-11-19-46-37(30-14-8-5-9-15-30)31-16-10-17-40(26-31)27-36(42)39-34(22-28-12-6-4-7-13-28)35(41)25-38-24-29-20-32(44-2)23-33(21-29)45-3/h5,8-9,14-15,20-21,23,28,31,34-35,37-38,41H,4,6-7,10-13,16-19,22,24-27H2,1-3H3,(H,39,42). The van der Waals surface area contributed by atoms with E-state index in [1.54, 1.807) is 21.3 Å². The number of amides is 1. The molecule has 1 saturated carbocycles. The number of methoxy groups -OCH3 is 3. The van der Waals surface area contributed by atoms with Crippen LogP contribution in [0.1, 0.15) is 75.0 Å². The number of aliphatic hydroxyl groups excluding tert-OH is 1. The molecule has 2 fully saturated rings. The van der Waals surface area contributed by atoms with E-state index in [2.05, 4.69) is 39.8 Å². The van der Waals surface area contributed by atoms with Crippen LogP contribution in [0.2, 0.25) is 0 Å². The van der Waals surface area contributed by atoms with E-state index in [1.165, 1.54) is 24.8 Å². The highest BCUT2D eigenvalue weighted by molar-refractivity contribution is 5.78. The van der Waals surface area contributed by atoms with Crippen LogP contribution in [-0.4, -0.2) is 88.8 Å². The molecule has 4 atom stereocenters. The Labute approximate surface area is 276 Å². The number of likely N-dealkylation sites (tertiary alicyclic amines) is 1. The number of aliphatic hydroxyl groups is 1. The van der Waals surface area contributed by atoms with E-state index >= 15 is 0 Å². The van der Waals surface area contributed by atoms with Crippen molar-refractivity contribution in [3.05, 3.63) is 59.7 Å². The number of carbonyl (C=O) groups is 1. The summed E-state index contributed by atoms with van der Waals surface area (Å²) in [5.74, 6) is 2.26. The molecule has 1 aliphatic carbocycles. The van der Waals surface area contributed by atoms with Gasteiger partial charge < -0.3 is 34.7 Å². The Bertz CT molecular complexity index is 1120. The fourth-order valence-electron chi connectivity index (χ4n) is 7.07. The third kappa shape index (κ3) is 11.8. The van der Waals surface area contributed by atoms with Crippen molar-refractivity contribution in [3.8, 4) is 11.5 Å². The van der Waals surface area contributed by atoms with Crippen LogP contribution in [-0.2, 0) is 20.8 Å². The maximum Gasteiger partial charge on any atom is 0.234 e. The molecule has 256 valence electrons. The molecule has 2 aromatic carbocycles. The first kappa shape index (κ1) is 36.2. The average molecular weight is 640 g/mol. The third-order valence-electron chi connectivity index (χ3n) is 9.47. The topological polar surface area (TPSA) is 102 Å². The lowest BCUT2D eigenvalue weighted by molar-refractivity contribution is -0.125. The molecule has 4 unspecified atom stereocenters. The van der Waals surface area contributed by atoms with Gasteiger partial charge in [-0.3, -0.25) is 9.69 Å². The van der Waals surface area contributed by atoms with Gasteiger partial charge in [0.25, 0.3) is 0 Å².